The average molecular weight is 320 g/mol. The zero-order chi connectivity index (χ0) is 15.5. The molecule has 5 nitrogen and oxygen atoms in total. The highest BCUT2D eigenvalue weighted by molar-refractivity contribution is 6.35. The van der Waals surface area contributed by atoms with Crippen molar-refractivity contribution in [2.24, 2.45) is 0 Å². The molecule has 2 aromatic rings. The largest absolute Gasteiger partial charge is 0.373 e. The molecule has 1 saturated heterocycles. The minimum Gasteiger partial charge on any atom is -0.373 e. The summed E-state index contributed by atoms with van der Waals surface area (Å²) in [5.74, 6) is 0.841. The van der Waals surface area contributed by atoms with E-state index in [1.807, 2.05) is 30.3 Å². The van der Waals surface area contributed by atoms with E-state index in [4.69, 9.17) is 16.3 Å². The van der Waals surface area contributed by atoms with Gasteiger partial charge in [0.25, 0.3) is 0 Å². The summed E-state index contributed by atoms with van der Waals surface area (Å²) in [6.45, 7) is 4.03. The molecule has 3 rings (SSSR count). The molecule has 1 aromatic carbocycles. The van der Waals surface area contributed by atoms with Crippen molar-refractivity contribution < 1.29 is 9.53 Å². The molecule has 22 heavy (non-hydrogen) atoms. The number of hydrogen-bond acceptors (Lipinski definition) is 4. The number of amides is 1. The SMILES string of the molecule is CC(=O)N1CCOC(CNc2ccc3cccc(Cl)c3n2)C1. The van der Waals surface area contributed by atoms with Gasteiger partial charge in [0.1, 0.15) is 5.82 Å². The van der Waals surface area contributed by atoms with Crippen LogP contribution in [-0.2, 0) is 9.53 Å². The quantitative estimate of drug-likeness (QED) is 0.944. The first-order chi connectivity index (χ1) is 10.6. The van der Waals surface area contributed by atoms with Crippen LogP contribution >= 0.6 is 11.6 Å². The van der Waals surface area contributed by atoms with Crippen LogP contribution < -0.4 is 5.32 Å². The highest BCUT2D eigenvalue weighted by Gasteiger charge is 2.21. The highest BCUT2D eigenvalue weighted by Crippen LogP contribution is 2.23. The Bertz CT molecular complexity index is 692. The molecule has 0 radical (unpaired) electrons. The van der Waals surface area contributed by atoms with Crippen LogP contribution in [-0.4, -0.2) is 48.1 Å². The topological polar surface area (TPSA) is 54.5 Å². The van der Waals surface area contributed by atoms with Crippen molar-refractivity contribution in [2.45, 2.75) is 13.0 Å². The predicted molar refractivity (Wildman–Crippen MR) is 87.2 cm³/mol. The van der Waals surface area contributed by atoms with E-state index >= 15 is 0 Å². The Morgan fingerprint density at radius 2 is 2.32 bits per heavy atom. The van der Waals surface area contributed by atoms with Gasteiger partial charge in [-0.05, 0) is 18.2 Å². The van der Waals surface area contributed by atoms with Gasteiger partial charge < -0.3 is 15.0 Å². The lowest BCUT2D eigenvalue weighted by Crippen LogP contribution is -2.47. The van der Waals surface area contributed by atoms with Crippen LogP contribution in [0.3, 0.4) is 0 Å². The van der Waals surface area contributed by atoms with E-state index in [2.05, 4.69) is 10.3 Å². The smallest absolute Gasteiger partial charge is 0.219 e. The molecular formula is C16H18ClN3O2. The normalized spacial score (nSPS) is 18.5. The number of morpholine rings is 1. The number of nitrogens with one attached hydrogen (secondary N) is 1. The molecule has 116 valence electrons. The minimum atomic E-state index is -0.0265. The van der Waals surface area contributed by atoms with Gasteiger partial charge in [-0.15, -0.1) is 0 Å². The molecule has 1 N–H and O–H groups in total. The van der Waals surface area contributed by atoms with Crippen LogP contribution in [0.1, 0.15) is 6.92 Å². The number of ether oxygens (including phenoxy) is 1. The van der Waals surface area contributed by atoms with Gasteiger partial charge in [0.2, 0.25) is 5.91 Å². The number of fused-ring (bicyclic) bond motifs is 1. The molecule has 1 aliphatic rings. The van der Waals surface area contributed by atoms with Crippen molar-refractivity contribution in [3.63, 3.8) is 0 Å². The number of anilines is 1. The molecule has 1 aliphatic heterocycles. The van der Waals surface area contributed by atoms with Crippen molar-refractivity contribution in [3.05, 3.63) is 35.4 Å². The fraction of sp³-hybridized carbons (Fsp3) is 0.375. The lowest BCUT2D eigenvalue weighted by atomic mass is 10.2. The average Bonchev–Trinajstić information content (AvgIpc) is 2.54. The first kappa shape index (κ1) is 15.1. The Labute approximate surface area is 134 Å². The fourth-order valence-corrected chi connectivity index (χ4v) is 2.78. The number of halogens is 1. The molecule has 0 spiro atoms. The van der Waals surface area contributed by atoms with Crippen LogP contribution in [0.25, 0.3) is 10.9 Å². The lowest BCUT2D eigenvalue weighted by Gasteiger charge is -2.32. The van der Waals surface area contributed by atoms with E-state index in [1.54, 1.807) is 11.8 Å². The Kier molecular flexibility index (Phi) is 4.45. The van der Waals surface area contributed by atoms with Gasteiger partial charge in [0.15, 0.2) is 0 Å². The van der Waals surface area contributed by atoms with Gasteiger partial charge in [-0.2, -0.15) is 0 Å². The Hall–Kier alpha value is -1.85. The van der Waals surface area contributed by atoms with E-state index in [1.165, 1.54) is 0 Å². The standard InChI is InChI=1S/C16H18ClN3O2/c1-11(21)20-7-8-22-13(10-20)9-18-15-6-5-12-3-2-4-14(17)16(12)19-15/h2-6,13H,7-10H2,1H3,(H,18,19). The second kappa shape index (κ2) is 6.50. The summed E-state index contributed by atoms with van der Waals surface area (Å²) in [7, 11) is 0. The maximum absolute atomic E-state index is 11.4. The zero-order valence-electron chi connectivity index (χ0n) is 12.4. The van der Waals surface area contributed by atoms with E-state index in [-0.39, 0.29) is 12.0 Å². The Morgan fingerprint density at radius 3 is 3.14 bits per heavy atom. The third-order valence-electron chi connectivity index (χ3n) is 3.77. The van der Waals surface area contributed by atoms with E-state index in [0.717, 1.165) is 16.7 Å². The van der Waals surface area contributed by atoms with Gasteiger partial charge in [-0.1, -0.05) is 23.7 Å². The number of carbonyl (C=O) groups excluding carboxylic acids is 1. The summed E-state index contributed by atoms with van der Waals surface area (Å²) < 4.78 is 5.68. The monoisotopic (exact) mass is 319 g/mol. The molecule has 1 atom stereocenters. The maximum atomic E-state index is 11.4. The van der Waals surface area contributed by atoms with E-state index in [9.17, 15) is 4.79 Å². The maximum Gasteiger partial charge on any atom is 0.219 e. The van der Waals surface area contributed by atoms with Gasteiger partial charge in [0.05, 0.1) is 23.3 Å². The van der Waals surface area contributed by atoms with Crippen molar-refractivity contribution in [1.29, 1.82) is 0 Å². The van der Waals surface area contributed by atoms with Crippen LogP contribution in [0, 0.1) is 0 Å². The van der Waals surface area contributed by atoms with Crippen molar-refractivity contribution in [2.75, 3.05) is 31.6 Å². The number of nitrogens with zero attached hydrogens (tertiary/aromatic N) is 2. The van der Waals surface area contributed by atoms with Crippen LogP contribution in [0.4, 0.5) is 5.82 Å². The molecular weight excluding hydrogens is 302 g/mol. The zero-order valence-corrected chi connectivity index (χ0v) is 13.1. The van der Waals surface area contributed by atoms with E-state index in [0.29, 0.717) is 31.3 Å². The van der Waals surface area contributed by atoms with Crippen LogP contribution in [0.2, 0.25) is 5.02 Å². The summed E-state index contributed by atoms with van der Waals surface area (Å²) in [6.07, 6.45) is -0.0265. The first-order valence-electron chi connectivity index (χ1n) is 7.30. The number of carbonyl (C=O) groups is 1. The Balaban J connectivity index is 1.66. The van der Waals surface area contributed by atoms with Crippen molar-refractivity contribution in [3.8, 4) is 0 Å². The molecule has 1 unspecified atom stereocenters. The highest BCUT2D eigenvalue weighted by atomic mass is 35.5. The number of para-hydroxylation sites is 1. The molecule has 0 aliphatic carbocycles. The fourth-order valence-electron chi connectivity index (χ4n) is 2.56. The summed E-state index contributed by atoms with van der Waals surface area (Å²) in [5, 5.41) is 4.91. The molecule has 2 heterocycles. The van der Waals surface area contributed by atoms with Gasteiger partial charge >= 0.3 is 0 Å². The third-order valence-corrected chi connectivity index (χ3v) is 4.07. The molecule has 1 amide bonds. The van der Waals surface area contributed by atoms with Crippen LogP contribution in [0.5, 0.6) is 0 Å². The second-order valence-corrected chi connectivity index (χ2v) is 5.75. The number of rotatable bonds is 3. The summed E-state index contributed by atoms with van der Waals surface area (Å²) in [6, 6.07) is 9.62. The van der Waals surface area contributed by atoms with Gasteiger partial charge in [-0.3, -0.25) is 4.79 Å². The molecule has 1 fully saturated rings. The molecule has 6 heteroatoms. The van der Waals surface area contributed by atoms with Crippen LogP contribution in [0.15, 0.2) is 30.3 Å². The van der Waals surface area contributed by atoms with Gasteiger partial charge in [0, 0.05) is 31.9 Å². The summed E-state index contributed by atoms with van der Waals surface area (Å²) in [5.41, 5.74) is 0.782. The summed E-state index contributed by atoms with van der Waals surface area (Å²) in [4.78, 5) is 17.8. The second-order valence-electron chi connectivity index (χ2n) is 5.35. The lowest BCUT2D eigenvalue weighted by molar-refractivity contribution is -0.135. The molecule has 0 bridgehead atoms. The molecule has 0 saturated carbocycles. The minimum absolute atomic E-state index is 0.0265. The van der Waals surface area contributed by atoms with Crippen molar-refractivity contribution >= 4 is 34.2 Å². The van der Waals surface area contributed by atoms with E-state index < -0.39 is 0 Å². The number of aromatic nitrogens is 1. The summed E-state index contributed by atoms with van der Waals surface area (Å²) >= 11 is 6.17. The first-order valence-corrected chi connectivity index (χ1v) is 7.67. The number of benzene rings is 1. The number of hydrogen-bond donors (Lipinski definition) is 1. The van der Waals surface area contributed by atoms with Gasteiger partial charge in [-0.25, -0.2) is 4.98 Å². The molecule has 1 aromatic heterocycles. The number of pyridine rings is 1. The van der Waals surface area contributed by atoms with Crippen molar-refractivity contribution in [1.82, 2.24) is 9.88 Å². The Morgan fingerprint density at radius 1 is 1.45 bits per heavy atom. The third kappa shape index (κ3) is 3.31. The predicted octanol–water partition coefficient (Wildman–Crippen LogP) is 2.55.